The number of hydrogen-bond acceptors (Lipinski definition) is 2. The van der Waals surface area contributed by atoms with Crippen molar-refractivity contribution in [2.24, 2.45) is 0 Å². The maximum absolute atomic E-state index is 13.5. The summed E-state index contributed by atoms with van der Waals surface area (Å²) >= 11 is 0.235. The number of fused-ring (bicyclic) bond motifs is 1. The van der Waals surface area contributed by atoms with E-state index in [2.05, 4.69) is 22.6 Å². The number of allylic oxidation sites excluding steroid dienone is 3. The third-order valence-corrected chi connectivity index (χ3v) is 10.8. The van der Waals surface area contributed by atoms with Crippen LogP contribution < -0.4 is 4.46 Å². The van der Waals surface area contributed by atoms with Crippen LogP contribution in [0.3, 0.4) is 0 Å². The number of benzene rings is 1. The molecule has 0 bridgehead atoms. The Bertz CT molecular complexity index is 1030. The van der Waals surface area contributed by atoms with Crippen molar-refractivity contribution in [2.75, 3.05) is 0 Å². The molecule has 2 atom stereocenters. The molecule has 1 aromatic carbocycles. The average Bonchev–Trinajstić information content (AvgIpc) is 2.90. The molecule has 0 amide bonds. The third kappa shape index (κ3) is 3.16. The first-order valence-electron chi connectivity index (χ1n) is 7.59. The van der Waals surface area contributed by atoms with Crippen LogP contribution in [0.15, 0.2) is 54.3 Å². The number of nitrogens with zero attached hydrogens (tertiary/aromatic N) is 1. The van der Waals surface area contributed by atoms with Gasteiger partial charge in [-0.2, -0.15) is 0 Å². The van der Waals surface area contributed by atoms with Crippen LogP contribution >= 0.6 is 22.6 Å². The molecule has 3 nitrogen and oxygen atoms in total. The van der Waals surface area contributed by atoms with E-state index in [1.807, 2.05) is 0 Å². The standard InChI is InChI=1S/C17H15F3INO2SSe/c1-11-6-5-9-15(21)16(11,2)25(23,24)22-10-14(26-17(18,19)20)12-7-3-4-8-13(12)22/h3-10,15H,1-2H3. The average molecular weight is 560 g/mol. The van der Waals surface area contributed by atoms with Crippen LogP contribution in [0, 0.1) is 0 Å². The molecule has 0 N–H and O–H groups in total. The second-order valence-corrected chi connectivity index (χ2v) is 12.0. The fraction of sp³-hybridized carbons (Fsp3) is 0.294. The molecule has 3 rings (SSSR count). The first-order valence-corrected chi connectivity index (χ1v) is 12.0. The minimum atomic E-state index is -4.36. The van der Waals surface area contributed by atoms with Crippen LogP contribution in [0.2, 0.25) is 0 Å². The van der Waals surface area contributed by atoms with Crippen molar-refractivity contribution in [3.63, 3.8) is 0 Å². The van der Waals surface area contributed by atoms with Crippen molar-refractivity contribution in [3.8, 4) is 0 Å². The molecule has 0 saturated heterocycles. The van der Waals surface area contributed by atoms with Crippen LogP contribution in [-0.4, -0.2) is 41.1 Å². The number of alkyl halides is 4. The van der Waals surface area contributed by atoms with Gasteiger partial charge < -0.3 is 0 Å². The van der Waals surface area contributed by atoms with Gasteiger partial charge in [-0.15, -0.1) is 0 Å². The summed E-state index contributed by atoms with van der Waals surface area (Å²) in [5.74, 6) is 0. The van der Waals surface area contributed by atoms with Gasteiger partial charge in [-0.1, -0.05) is 0 Å². The van der Waals surface area contributed by atoms with Crippen LogP contribution in [0.4, 0.5) is 13.2 Å². The molecule has 140 valence electrons. The molecule has 1 aromatic heterocycles. The van der Waals surface area contributed by atoms with Crippen molar-refractivity contribution in [3.05, 3.63) is 54.3 Å². The van der Waals surface area contributed by atoms with E-state index >= 15 is 0 Å². The fourth-order valence-corrected chi connectivity index (χ4v) is 8.14. The summed E-state index contributed by atoms with van der Waals surface area (Å²) in [6.07, 6.45) is 6.47. The van der Waals surface area contributed by atoms with Crippen LogP contribution in [0.1, 0.15) is 13.8 Å². The second-order valence-electron chi connectivity index (χ2n) is 6.10. The summed E-state index contributed by atoms with van der Waals surface area (Å²) in [7, 11) is -3.99. The van der Waals surface area contributed by atoms with E-state index in [4.69, 9.17) is 0 Å². The van der Waals surface area contributed by atoms with Gasteiger partial charge in [0.2, 0.25) is 0 Å². The quantitative estimate of drug-likeness (QED) is 0.326. The molecule has 0 saturated carbocycles. The minimum absolute atomic E-state index is 0.0192. The molecule has 26 heavy (non-hydrogen) atoms. The van der Waals surface area contributed by atoms with Gasteiger partial charge in [0, 0.05) is 0 Å². The summed E-state index contributed by atoms with van der Waals surface area (Å²) in [5, 5.41) is -4.03. The SMILES string of the molecule is CC1=CC=CC(I)C1(C)S(=O)(=O)n1cc([Se]C(F)(F)F)c2ccccc21. The van der Waals surface area contributed by atoms with E-state index in [0.29, 0.717) is 11.0 Å². The van der Waals surface area contributed by atoms with Crippen LogP contribution in [0.25, 0.3) is 10.9 Å². The molecular weight excluding hydrogens is 545 g/mol. The molecule has 1 heterocycles. The number of para-hydroxylation sites is 1. The number of halogens is 4. The van der Waals surface area contributed by atoms with E-state index in [9.17, 15) is 21.6 Å². The van der Waals surface area contributed by atoms with Gasteiger partial charge in [-0.05, 0) is 0 Å². The van der Waals surface area contributed by atoms with Crippen molar-refractivity contribution >= 4 is 62.9 Å². The molecule has 0 radical (unpaired) electrons. The zero-order chi connectivity index (χ0) is 19.3. The maximum atomic E-state index is 13.5. The Hall–Kier alpha value is -0.771. The number of aromatic nitrogens is 1. The Morgan fingerprint density at radius 3 is 2.54 bits per heavy atom. The molecule has 0 aliphatic heterocycles. The molecular formula is C17H15F3INO2SSe. The Morgan fingerprint density at radius 1 is 1.27 bits per heavy atom. The number of rotatable bonds is 3. The van der Waals surface area contributed by atoms with Crippen LogP contribution in [0.5, 0.6) is 0 Å². The predicted octanol–water partition coefficient (Wildman–Crippen LogP) is 3.75. The van der Waals surface area contributed by atoms with Crippen molar-refractivity contribution in [1.82, 2.24) is 3.97 Å². The summed E-state index contributed by atoms with van der Waals surface area (Å²) in [5.41, 5.74) is 0.931. The fourth-order valence-electron chi connectivity index (χ4n) is 2.94. The molecule has 2 unspecified atom stereocenters. The van der Waals surface area contributed by atoms with Gasteiger partial charge >= 0.3 is 170 Å². The van der Waals surface area contributed by atoms with Crippen molar-refractivity contribution in [2.45, 2.75) is 27.6 Å². The molecule has 0 spiro atoms. The van der Waals surface area contributed by atoms with Crippen LogP contribution in [-0.2, 0) is 10.0 Å². The first-order chi connectivity index (χ1) is 12.0. The molecule has 1 aliphatic carbocycles. The van der Waals surface area contributed by atoms with Gasteiger partial charge in [0.05, 0.1) is 0 Å². The molecule has 0 fully saturated rings. The normalized spacial score (nSPS) is 24.1. The molecule has 1 aliphatic rings. The monoisotopic (exact) mass is 561 g/mol. The summed E-state index contributed by atoms with van der Waals surface area (Å²) in [6, 6.07) is 6.34. The Labute approximate surface area is 169 Å². The van der Waals surface area contributed by atoms with Crippen molar-refractivity contribution in [1.29, 1.82) is 0 Å². The van der Waals surface area contributed by atoms with Gasteiger partial charge in [-0.3, -0.25) is 0 Å². The van der Waals surface area contributed by atoms with Gasteiger partial charge in [0.1, 0.15) is 0 Å². The summed E-state index contributed by atoms with van der Waals surface area (Å²) < 4.78 is 65.5. The van der Waals surface area contributed by atoms with E-state index in [1.54, 1.807) is 50.3 Å². The van der Waals surface area contributed by atoms with Gasteiger partial charge in [-0.25, -0.2) is 0 Å². The third-order valence-electron chi connectivity index (χ3n) is 4.60. The number of hydrogen-bond donors (Lipinski definition) is 0. The first kappa shape index (κ1) is 20.0. The second kappa shape index (κ2) is 6.68. The summed E-state index contributed by atoms with van der Waals surface area (Å²) in [4.78, 5) is 0. The predicted molar refractivity (Wildman–Crippen MR) is 107 cm³/mol. The molecule has 2 aromatic rings. The van der Waals surface area contributed by atoms with E-state index in [1.165, 1.54) is 6.07 Å². The Balaban J connectivity index is 2.25. The zero-order valence-electron chi connectivity index (χ0n) is 13.8. The van der Waals surface area contributed by atoms with E-state index < -0.39 is 34.8 Å². The Kier molecular flexibility index (Phi) is 5.14. The Morgan fingerprint density at radius 2 is 1.92 bits per heavy atom. The van der Waals surface area contributed by atoms with Gasteiger partial charge in [0.25, 0.3) is 0 Å². The zero-order valence-corrected chi connectivity index (χ0v) is 18.5. The van der Waals surface area contributed by atoms with E-state index in [0.717, 1.165) is 10.2 Å². The van der Waals surface area contributed by atoms with E-state index in [-0.39, 0.29) is 13.9 Å². The summed E-state index contributed by atoms with van der Waals surface area (Å²) in [6.45, 7) is 3.36. The topological polar surface area (TPSA) is 39.1 Å². The molecule has 9 heteroatoms. The van der Waals surface area contributed by atoms with Crippen molar-refractivity contribution < 1.29 is 21.6 Å². The van der Waals surface area contributed by atoms with Gasteiger partial charge in [0.15, 0.2) is 0 Å².